The lowest BCUT2D eigenvalue weighted by Crippen LogP contribution is -1.93. The molecule has 3 aromatic carbocycles. The van der Waals surface area contributed by atoms with Crippen LogP contribution in [0.3, 0.4) is 0 Å². The van der Waals surface area contributed by atoms with E-state index in [4.69, 9.17) is 23.2 Å². The van der Waals surface area contributed by atoms with E-state index in [1.807, 2.05) is 66.7 Å². The van der Waals surface area contributed by atoms with Crippen molar-refractivity contribution in [1.82, 2.24) is 9.97 Å². The van der Waals surface area contributed by atoms with Gasteiger partial charge in [-0.1, -0.05) is 89.9 Å². The van der Waals surface area contributed by atoms with Crippen LogP contribution < -0.4 is 0 Å². The fourth-order valence-electron chi connectivity index (χ4n) is 2.78. The Bertz CT molecular complexity index is 1050. The first-order valence-electron chi connectivity index (χ1n) is 8.15. The van der Waals surface area contributed by atoms with E-state index in [0.717, 1.165) is 33.0 Å². The predicted octanol–water partition coefficient (Wildman–Crippen LogP) is 6.78. The van der Waals surface area contributed by atoms with Gasteiger partial charge in [-0.2, -0.15) is 0 Å². The van der Waals surface area contributed by atoms with Gasteiger partial charge in [-0.3, -0.25) is 0 Å². The van der Waals surface area contributed by atoms with Crippen molar-refractivity contribution in [2.75, 3.05) is 0 Å². The summed E-state index contributed by atoms with van der Waals surface area (Å²) in [5.41, 5.74) is 4.89. The van der Waals surface area contributed by atoms with Gasteiger partial charge in [0.25, 0.3) is 0 Å². The van der Waals surface area contributed by atoms with Crippen molar-refractivity contribution >= 4 is 23.2 Å². The zero-order valence-electron chi connectivity index (χ0n) is 13.7. The van der Waals surface area contributed by atoms with Crippen molar-refractivity contribution in [2.45, 2.75) is 0 Å². The molecule has 0 fully saturated rings. The fourth-order valence-corrected chi connectivity index (χ4v) is 3.16. The molecule has 0 spiro atoms. The molecule has 0 amide bonds. The number of benzene rings is 3. The SMILES string of the molecule is Clc1cccc(-c2ccc(-c3cc(Cl)nc(-c4ccccc4)n3)cc2)c1. The highest BCUT2D eigenvalue weighted by Gasteiger charge is 2.08. The zero-order valence-corrected chi connectivity index (χ0v) is 15.2. The molecule has 126 valence electrons. The Kier molecular flexibility index (Phi) is 4.70. The maximum atomic E-state index is 6.23. The van der Waals surface area contributed by atoms with Crippen molar-refractivity contribution in [3.05, 3.63) is 95.1 Å². The zero-order chi connectivity index (χ0) is 17.9. The Balaban J connectivity index is 1.71. The minimum Gasteiger partial charge on any atom is -0.228 e. The molecule has 0 N–H and O–H groups in total. The Morgan fingerprint density at radius 1 is 0.538 bits per heavy atom. The van der Waals surface area contributed by atoms with Crippen LogP contribution in [0.15, 0.2) is 84.9 Å². The van der Waals surface area contributed by atoms with Crippen molar-refractivity contribution in [3.63, 3.8) is 0 Å². The highest BCUT2D eigenvalue weighted by atomic mass is 35.5. The maximum Gasteiger partial charge on any atom is 0.161 e. The summed E-state index contributed by atoms with van der Waals surface area (Å²) >= 11 is 12.3. The largest absolute Gasteiger partial charge is 0.228 e. The van der Waals surface area contributed by atoms with Gasteiger partial charge in [0.1, 0.15) is 5.15 Å². The van der Waals surface area contributed by atoms with Gasteiger partial charge in [-0.15, -0.1) is 0 Å². The van der Waals surface area contributed by atoms with Crippen molar-refractivity contribution in [1.29, 1.82) is 0 Å². The van der Waals surface area contributed by atoms with Gasteiger partial charge in [0.05, 0.1) is 5.69 Å². The summed E-state index contributed by atoms with van der Waals surface area (Å²) in [7, 11) is 0. The second-order valence-corrected chi connectivity index (χ2v) is 6.68. The predicted molar refractivity (Wildman–Crippen MR) is 108 cm³/mol. The highest BCUT2D eigenvalue weighted by Crippen LogP contribution is 2.28. The summed E-state index contributed by atoms with van der Waals surface area (Å²) in [5.74, 6) is 0.618. The smallest absolute Gasteiger partial charge is 0.161 e. The van der Waals surface area contributed by atoms with Gasteiger partial charge in [-0.25, -0.2) is 9.97 Å². The molecule has 4 aromatic rings. The molecular weight excluding hydrogens is 363 g/mol. The Labute approximate surface area is 162 Å². The fraction of sp³-hybridized carbons (Fsp3) is 0. The van der Waals surface area contributed by atoms with Crippen molar-refractivity contribution in [3.8, 4) is 33.8 Å². The van der Waals surface area contributed by atoms with E-state index in [-0.39, 0.29) is 0 Å². The van der Waals surface area contributed by atoms with Crippen molar-refractivity contribution in [2.24, 2.45) is 0 Å². The monoisotopic (exact) mass is 376 g/mol. The standard InChI is InChI=1S/C22H14Cl2N2/c23-19-8-4-7-18(13-19)15-9-11-16(12-10-15)20-14-21(24)26-22(25-20)17-5-2-1-3-6-17/h1-14H. The van der Waals surface area contributed by atoms with Crippen LogP contribution >= 0.6 is 23.2 Å². The number of rotatable bonds is 3. The minimum absolute atomic E-state index is 0.424. The van der Waals surface area contributed by atoms with Gasteiger partial charge in [0.2, 0.25) is 0 Å². The van der Waals surface area contributed by atoms with E-state index in [2.05, 4.69) is 22.1 Å². The summed E-state index contributed by atoms with van der Waals surface area (Å²) < 4.78 is 0. The molecule has 0 saturated heterocycles. The first kappa shape index (κ1) is 16.8. The van der Waals surface area contributed by atoms with Crippen LogP contribution in [0.4, 0.5) is 0 Å². The molecule has 0 saturated carbocycles. The van der Waals surface area contributed by atoms with Crippen LogP contribution in [0.25, 0.3) is 33.8 Å². The second kappa shape index (κ2) is 7.28. The number of halogens is 2. The average molecular weight is 377 g/mol. The normalized spacial score (nSPS) is 10.7. The molecule has 0 aliphatic rings. The lowest BCUT2D eigenvalue weighted by molar-refractivity contribution is 1.18. The van der Waals surface area contributed by atoms with Crippen LogP contribution in [0.5, 0.6) is 0 Å². The Morgan fingerprint density at radius 3 is 1.96 bits per heavy atom. The third-order valence-corrected chi connectivity index (χ3v) is 4.49. The average Bonchev–Trinajstić information content (AvgIpc) is 2.68. The highest BCUT2D eigenvalue weighted by molar-refractivity contribution is 6.30. The molecule has 4 rings (SSSR count). The van der Waals surface area contributed by atoms with Gasteiger partial charge in [0, 0.05) is 22.2 Å². The lowest BCUT2D eigenvalue weighted by atomic mass is 10.0. The Morgan fingerprint density at radius 2 is 1.23 bits per heavy atom. The van der Waals surface area contributed by atoms with Gasteiger partial charge < -0.3 is 0 Å². The molecular formula is C22H14Cl2N2. The first-order valence-corrected chi connectivity index (χ1v) is 8.91. The molecule has 0 atom stereocenters. The van der Waals surface area contributed by atoms with E-state index in [1.165, 1.54) is 0 Å². The van der Waals surface area contributed by atoms with E-state index in [1.54, 1.807) is 6.07 Å². The number of aromatic nitrogens is 2. The quantitative estimate of drug-likeness (QED) is 0.368. The van der Waals surface area contributed by atoms with E-state index in [9.17, 15) is 0 Å². The summed E-state index contributed by atoms with van der Waals surface area (Å²) in [4.78, 5) is 9.02. The summed E-state index contributed by atoms with van der Waals surface area (Å²) in [6.45, 7) is 0. The van der Waals surface area contributed by atoms with Crippen LogP contribution in [0.1, 0.15) is 0 Å². The van der Waals surface area contributed by atoms with E-state index >= 15 is 0 Å². The lowest BCUT2D eigenvalue weighted by Gasteiger charge is -2.07. The molecule has 1 heterocycles. The summed E-state index contributed by atoms with van der Waals surface area (Å²) in [5, 5.41) is 1.15. The van der Waals surface area contributed by atoms with Crippen LogP contribution in [0.2, 0.25) is 10.2 Å². The topological polar surface area (TPSA) is 25.8 Å². The minimum atomic E-state index is 0.424. The van der Waals surface area contributed by atoms with E-state index < -0.39 is 0 Å². The molecule has 0 bridgehead atoms. The van der Waals surface area contributed by atoms with Gasteiger partial charge in [0.15, 0.2) is 5.82 Å². The van der Waals surface area contributed by atoms with Crippen LogP contribution in [-0.4, -0.2) is 9.97 Å². The third-order valence-electron chi connectivity index (χ3n) is 4.07. The first-order chi connectivity index (χ1) is 12.7. The summed E-state index contributed by atoms with van der Waals surface area (Å²) in [6.07, 6.45) is 0. The second-order valence-electron chi connectivity index (χ2n) is 5.85. The molecule has 0 unspecified atom stereocenters. The van der Waals surface area contributed by atoms with E-state index in [0.29, 0.717) is 11.0 Å². The summed E-state index contributed by atoms with van der Waals surface area (Å²) in [6, 6.07) is 27.6. The van der Waals surface area contributed by atoms with Gasteiger partial charge >= 0.3 is 0 Å². The molecule has 0 radical (unpaired) electrons. The molecule has 26 heavy (non-hydrogen) atoms. The molecule has 4 heteroatoms. The number of nitrogens with zero attached hydrogens (tertiary/aromatic N) is 2. The molecule has 1 aromatic heterocycles. The number of hydrogen-bond acceptors (Lipinski definition) is 2. The van der Waals surface area contributed by atoms with Crippen LogP contribution in [-0.2, 0) is 0 Å². The molecule has 2 nitrogen and oxygen atoms in total. The maximum absolute atomic E-state index is 6.23. The van der Waals surface area contributed by atoms with Crippen molar-refractivity contribution < 1.29 is 0 Å². The van der Waals surface area contributed by atoms with Crippen LogP contribution in [0, 0.1) is 0 Å². The molecule has 0 aliphatic carbocycles. The number of hydrogen-bond donors (Lipinski definition) is 0. The molecule has 0 aliphatic heterocycles. The Hall–Kier alpha value is -2.68. The van der Waals surface area contributed by atoms with Gasteiger partial charge in [-0.05, 0) is 23.3 Å². The third kappa shape index (κ3) is 3.62.